The Labute approximate surface area is 168 Å². The highest BCUT2D eigenvalue weighted by molar-refractivity contribution is 7.80. The van der Waals surface area contributed by atoms with Crippen molar-refractivity contribution in [2.75, 3.05) is 0 Å². The van der Waals surface area contributed by atoms with Crippen LogP contribution in [0.25, 0.3) is 0 Å². The molecule has 0 aliphatic carbocycles. The molecule has 0 aromatic heterocycles. The molecular weight excluding hydrogens is 363 g/mol. The lowest BCUT2D eigenvalue weighted by Crippen LogP contribution is -2.27. The largest absolute Gasteiger partial charge is 0.455 e. The van der Waals surface area contributed by atoms with Gasteiger partial charge in [0.1, 0.15) is 6.10 Å². The Bertz CT molecular complexity index is 880. The minimum absolute atomic E-state index is 0.203. The third kappa shape index (κ3) is 4.77. The van der Waals surface area contributed by atoms with Crippen LogP contribution in [0.3, 0.4) is 0 Å². The van der Waals surface area contributed by atoms with E-state index in [9.17, 15) is 4.79 Å². The second-order valence-corrected chi connectivity index (χ2v) is 8.59. The van der Waals surface area contributed by atoms with Crippen LogP contribution in [0.5, 0.6) is 0 Å². The summed E-state index contributed by atoms with van der Waals surface area (Å²) in [5.41, 5.74) is 0.643. The SMILES string of the molecule is C/C=C/[C@@H](CC)OC(=O)c1ccccc1P(c1ccccc1)c1ccccc1. The van der Waals surface area contributed by atoms with Crippen LogP contribution in [0.2, 0.25) is 0 Å². The van der Waals surface area contributed by atoms with Crippen molar-refractivity contribution in [3.05, 3.63) is 103 Å². The number of hydrogen-bond acceptors (Lipinski definition) is 2. The zero-order valence-electron chi connectivity index (χ0n) is 16.3. The van der Waals surface area contributed by atoms with Gasteiger partial charge < -0.3 is 4.74 Å². The van der Waals surface area contributed by atoms with E-state index < -0.39 is 7.92 Å². The molecule has 0 fully saturated rings. The van der Waals surface area contributed by atoms with Gasteiger partial charge in [0.15, 0.2) is 0 Å². The van der Waals surface area contributed by atoms with Gasteiger partial charge in [-0.1, -0.05) is 91.9 Å². The fourth-order valence-electron chi connectivity index (χ4n) is 3.10. The van der Waals surface area contributed by atoms with E-state index in [1.165, 1.54) is 10.6 Å². The summed E-state index contributed by atoms with van der Waals surface area (Å²) >= 11 is 0. The number of rotatable bonds is 7. The molecule has 3 aromatic carbocycles. The van der Waals surface area contributed by atoms with Crippen LogP contribution >= 0.6 is 7.92 Å². The highest BCUT2D eigenvalue weighted by atomic mass is 31.1. The highest BCUT2D eigenvalue weighted by Gasteiger charge is 2.23. The molecule has 0 radical (unpaired) electrons. The number of ether oxygens (including phenoxy) is 1. The van der Waals surface area contributed by atoms with E-state index in [-0.39, 0.29) is 12.1 Å². The summed E-state index contributed by atoms with van der Waals surface area (Å²) in [5, 5.41) is 3.45. The van der Waals surface area contributed by atoms with Crippen molar-refractivity contribution in [3.8, 4) is 0 Å². The first-order valence-corrected chi connectivity index (χ1v) is 10.9. The first-order valence-electron chi connectivity index (χ1n) is 9.57. The Balaban J connectivity index is 2.06. The van der Waals surface area contributed by atoms with E-state index in [4.69, 9.17) is 4.74 Å². The van der Waals surface area contributed by atoms with Crippen LogP contribution in [0.4, 0.5) is 0 Å². The van der Waals surface area contributed by atoms with E-state index in [2.05, 4.69) is 30.3 Å². The zero-order valence-corrected chi connectivity index (χ0v) is 17.2. The lowest BCUT2D eigenvalue weighted by Gasteiger charge is -2.22. The van der Waals surface area contributed by atoms with Crippen molar-refractivity contribution in [2.24, 2.45) is 0 Å². The molecule has 0 bridgehead atoms. The van der Waals surface area contributed by atoms with Gasteiger partial charge in [0.2, 0.25) is 0 Å². The molecule has 2 nitrogen and oxygen atoms in total. The summed E-state index contributed by atoms with van der Waals surface area (Å²) in [6.07, 6.45) is 4.40. The lowest BCUT2D eigenvalue weighted by atomic mass is 10.2. The molecule has 0 spiro atoms. The molecule has 0 saturated heterocycles. The Morgan fingerprint density at radius 2 is 1.43 bits per heavy atom. The minimum atomic E-state index is -0.855. The number of carbonyl (C=O) groups is 1. The molecule has 142 valence electrons. The number of esters is 1. The zero-order chi connectivity index (χ0) is 19.8. The maximum Gasteiger partial charge on any atom is 0.339 e. The average Bonchev–Trinajstić information content (AvgIpc) is 2.75. The molecule has 3 rings (SSSR count). The predicted octanol–water partition coefficient (Wildman–Crippen LogP) is 4.96. The molecule has 28 heavy (non-hydrogen) atoms. The summed E-state index contributed by atoms with van der Waals surface area (Å²) in [7, 11) is -0.855. The second kappa shape index (κ2) is 10.0. The fourth-order valence-corrected chi connectivity index (χ4v) is 5.53. The topological polar surface area (TPSA) is 26.3 Å². The summed E-state index contributed by atoms with van der Waals surface area (Å²) in [6.45, 7) is 3.96. The van der Waals surface area contributed by atoms with Gasteiger partial charge in [-0.25, -0.2) is 4.79 Å². The maximum absolute atomic E-state index is 13.0. The number of benzene rings is 3. The molecule has 0 amide bonds. The second-order valence-electron chi connectivity index (χ2n) is 6.40. The minimum Gasteiger partial charge on any atom is -0.455 e. The van der Waals surface area contributed by atoms with Crippen molar-refractivity contribution >= 4 is 29.8 Å². The van der Waals surface area contributed by atoms with E-state index in [0.717, 1.165) is 11.7 Å². The van der Waals surface area contributed by atoms with Crippen LogP contribution in [0, 0.1) is 0 Å². The Morgan fingerprint density at radius 3 is 1.96 bits per heavy atom. The Hall–Kier alpha value is -2.70. The molecule has 0 unspecified atom stereocenters. The summed E-state index contributed by atoms with van der Waals surface area (Å²) in [6, 6.07) is 28.6. The van der Waals surface area contributed by atoms with Gasteiger partial charge in [0.05, 0.1) is 5.56 Å². The summed E-state index contributed by atoms with van der Waals surface area (Å²) in [4.78, 5) is 13.0. The number of carbonyl (C=O) groups excluding carboxylic acids is 1. The van der Waals surface area contributed by atoms with Crippen LogP contribution in [-0.2, 0) is 4.74 Å². The molecule has 0 aliphatic heterocycles. The average molecular weight is 388 g/mol. The van der Waals surface area contributed by atoms with Crippen LogP contribution in [0.15, 0.2) is 97.1 Å². The smallest absolute Gasteiger partial charge is 0.339 e. The standard InChI is InChI=1S/C25H25O2P/c1-3-13-20(4-2)27-25(26)23-18-11-12-19-24(23)28(21-14-7-5-8-15-21)22-16-9-6-10-17-22/h3,5-20H,4H2,1-2H3/b13-3+/t20-/m1/s1. The van der Waals surface area contributed by atoms with Crippen LogP contribution < -0.4 is 15.9 Å². The molecule has 0 aliphatic rings. The monoisotopic (exact) mass is 388 g/mol. The van der Waals surface area contributed by atoms with E-state index in [1.807, 2.05) is 80.6 Å². The van der Waals surface area contributed by atoms with Gasteiger partial charge in [-0.05, 0) is 49.3 Å². The normalized spacial score (nSPS) is 12.2. The summed E-state index contributed by atoms with van der Waals surface area (Å²) in [5.74, 6) is -0.264. The van der Waals surface area contributed by atoms with E-state index in [1.54, 1.807) is 0 Å². The molecule has 3 heteroatoms. The van der Waals surface area contributed by atoms with E-state index >= 15 is 0 Å². The number of hydrogen-bond donors (Lipinski definition) is 0. The van der Waals surface area contributed by atoms with Crippen LogP contribution in [-0.4, -0.2) is 12.1 Å². The molecule has 0 heterocycles. The molecule has 1 atom stereocenters. The van der Waals surface area contributed by atoms with Crippen molar-refractivity contribution < 1.29 is 9.53 Å². The maximum atomic E-state index is 13.0. The van der Waals surface area contributed by atoms with E-state index in [0.29, 0.717) is 5.56 Å². The van der Waals surface area contributed by atoms with Crippen molar-refractivity contribution in [1.29, 1.82) is 0 Å². The van der Waals surface area contributed by atoms with Gasteiger partial charge in [-0.3, -0.25) is 0 Å². The predicted molar refractivity (Wildman–Crippen MR) is 119 cm³/mol. The van der Waals surface area contributed by atoms with Gasteiger partial charge in [0.25, 0.3) is 0 Å². The fraction of sp³-hybridized carbons (Fsp3) is 0.160. The molecule has 0 N–H and O–H groups in total. The van der Waals surface area contributed by atoms with Gasteiger partial charge in [-0.2, -0.15) is 0 Å². The van der Waals surface area contributed by atoms with Crippen LogP contribution in [0.1, 0.15) is 30.6 Å². The van der Waals surface area contributed by atoms with Crippen molar-refractivity contribution in [1.82, 2.24) is 0 Å². The van der Waals surface area contributed by atoms with Gasteiger partial charge in [0, 0.05) is 0 Å². The third-order valence-corrected chi connectivity index (χ3v) is 6.96. The Morgan fingerprint density at radius 1 is 0.893 bits per heavy atom. The highest BCUT2D eigenvalue weighted by Crippen LogP contribution is 2.34. The van der Waals surface area contributed by atoms with Crippen molar-refractivity contribution in [2.45, 2.75) is 26.4 Å². The van der Waals surface area contributed by atoms with Crippen molar-refractivity contribution in [3.63, 3.8) is 0 Å². The first kappa shape index (κ1) is 20.0. The lowest BCUT2D eigenvalue weighted by molar-refractivity contribution is 0.0390. The first-order chi connectivity index (χ1) is 13.7. The Kier molecular flexibility index (Phi) is 7.17. The summed E-state index contributed by atoms with van der Waals surface area (Å²) < 4.78 is 5.77. The third-order valence-electron chi connectivity index (χ3n) is 4.46. The van der Waals surface area contributed by atoms with Gasteiger partial charge in [-0.15, -0.1) is 0 Å². The molecular formula is C25H25O2P. The number of allylic oxidation sites excluding steroid dienone is 1. The molecule has 0 saturated carbocycles. The quantitative estimate of drug-likeness (QED) is 0.325. The molecule has 3 aromatic rings. The van der Waals surface area contributed by atoms with Gasteiger partial charge >= 0.3 is 5.97 Å².